The molecule has 1 aliphatic heterocycles. The van der Waals surface area contributed by atoms with Crippen molar-refractivity contribution >= 4 is 10.8 Å². The van der Waals surface area contributed by atoms with Crippen molar-refractivity contribution in [1.29, 1.82) is 0 Å². The molecule has 1 N–H and O–H groups in total. The summed E-state index contributed by atoms with van der Waals surface area (Å²) in [7, 11) is 1.76. The van der Waals surface area contributed by atoms with Gasteiger partial charge in [-0.1, -0.05) is 38.1 Å². The van der Waals surface area contributed by atoms with Crippen molar-refractivity contribution in [2.24, 2.45) is 5.92 Å². The molecule has 106 valence electrons. The van der Waals surface area contributed by atoms with Crippen molar-refractivity contribution in [1.82, 2.24) is 5.32 Å². The molecule has 2 heteroatoms. The first kappa shape index (κ1) is 13.4. The van der Waals surface area contributed by atoms with Crippen molar-refractivity contribution in [3.8, 4) is 5.75 Å². The van der Waals surface area contributed by atoms with E-state index >= 15 is 0 Å². The molecule has 2 aromatic rings. The Kier molecular flexibility index (Phi) is 3.66. The van der Waals surface area contributed by atoms with Crippen LogP contribution in [0.2, 0.25) is 0 Å². The van der Waals surface area contributed by atoms with Gasteiger partial charge in [0, 0.05) is 18.0 Å². The lowest BCUT2D eigenvalue weighted by atomic mass is 9.87. The molecule has 1 heterocycles. The van der Waals surface area contributed by atoms with Gasteiger partial charge in [0.2, 0.25) is 0 Å². The molecule has 0 saturated carbocycles. The number of ether oxygens (including phenoxy) is 1. The van der Waals surface area contributed by atoms with Gasteiger partial charge in [-0.2, -0.15) is 0 Å². The van der Waals surface area contributed by atoms with Crippen LogP contribution in [0.4, 0.5) is 0 Å². The van der Waals surface area contributed by atoms with Crippen molar-refractivity contribution in [2.45, 2.75) is 39.3 Å². The van der Waals surface area contributed by atoms with Crippen LogP contribution in [0.5, 0.6) is 5.75 Å². The quantitative estimate of drug-likeness (QED) is 0.912. The zero-order chi connectivity index (χ0) is 14.1. The molecule has 0 amide bonds. The zero-order valence-corrected chi connectivity index (χ0v) is 12.6. The Hall–Kier alpha value is -1.54. The van der Waals surface area contributed by atoms with Gasteiger partial charge in [0.25, 0.3) is 0 Å². The molecule has 1 unspecified atom stereocenters. The predicted molar refractivity (Wildman–Crippen MR) is 84.3 cm³/mol. The number of benzene rings is 2. The molecular formula is C18H23NO. The van der Waals surface area contributed by atoms with E-state index in [-0.39, 0.29) is 0 Å². The fraction of sp³-hybridized carbons (Fsp3) is 0.444. The van der Waals surface area contributed by atoms with Gasteiger partial charge in [0.05, 0.1) is 7.11 Å². The fourth-order valence-electron chi connectivity index (χ4n) is 3.33. The van der Waals surface area contributed by atoms with Crippen LogP contribution in [0.1, 0.15) is 31.4 Å². The third-order valence-electron chi connectivity index (χ3n) is 4.22. The second-order valence-corrected chi connectivity index (χ2v) is 6.17. The van der Waals surface area contributed by atoms with Crippen LogP contribution in [0, 0.1) is 5.92 Å². The van der Waals surface area contributed by atoms with Gasteiger partial charge in [0.1, 0.15) is 5.75 Å². The summed E-state index contributed by atoms with van der Waals surface area (Å²) in [6.45, 7) is 5.54. The highest BCUT2D eigenvalue weighted by molar-refractivity contribution is 5.92. The van der Waals surface area contributed by atoms with Gasteiger partial charge in [0.15, 0.2) is 0 Å². The van der Waals surface area contributed by atoms with E-state index in [0.717, 1.165) is 24.6 Å². The smallest absolute Gasteiger partial charge is 0.127 e. The number of rotatable bonds is 3. The Labute approximate surface area is 121 Å². The van der Waals surface area contributed by atoms with E-state index in [4.69, 9.17) is 4.74 Å². The number of hydrogen-bond donors (Lipinski definition) is 1. The van der Waals surface area contributed by atoms with Gasteiger partial charge in [-0.15, -0.1) is 0 Å². The van der Waals surface area contributed by atoms with Crippen LogP contribution >= 0.6 is 0 Å². The maximum atomic E-state index is 5.56. The van der Waals surface area contributed by atoms with Crippen molar-refractivity contribution in [3.63, 3.8) is 0 Å². The minimum Gasteiger partial charge on any atom is -0.496 e. The molecule has 1 atom stereocenters. The highest BCUT2D eigenvalue weighted by Gasteiger charge is 2.22. The molecule has 0 saturated heterocycles. The van der Waals surface area contributed by atoms with Gasteiger partial charge >= 0.3 is 0 Å². The Bertz CT molecular complexity index is 618. The average Bonchev–Trinajstić information content (AvgIpc) is 2.46. The van der Waals surface area contributed by atoms with E-state index in [1.165, 1.54) is 28.3 Å². The van der Waals surface area contributed by atoms with E-state index in [9.17, 15) is 0 Å². The Morgan fingerprint density at radius 3 is 2.70 bits per heavy atom. The summed E-state index contributed by atoms with van der Waals surface area (Å²) in [5.74, 6) is 1.72. The van der Waals surface area contributed by atoms with Gasteiger partial charge in [-0.3, -0.25) is 0 Å². The molecule has 20 heavy (non-hydrogen) atoms. The maximum Gasteiger partial charge on any atom is 0.127 e. The van der Waals surface area contributed by atoms with E-state index in [1.807, 2.05) is 0 Å². The Morgan fingerprint density at radius 2 is 2.00 bits per heavy atom. The summed E-state index contributed by atoms with van der Waals surface area (Å²) in [6, 6.07) is 11.4. The fourth-order valence-corrected chi connectivity index (χ4v) is 3.33. The lowest BCUT2D eigenvalue weighted by Crippen LogP contribution is -2.36. The number of nitrogens with one attached hydrogen (secondary N) is 1. The van der Waals surface area contributed by atoms with Crippen LogP contribution in [0.25, 0.3) is 10.8 Å². The van der Waals surface area contributed by atoms with Gasteiger partial charge < -0.3 is 10.1 Å². The normalized spacial score (nSPS) is 18.3. The third kappa shape index (κ3) is 2.40. The summed E-state index contributed by atoms with van der Waals surface area (Å²) in [5, 5.41) is 6.26. The molecule has 3 rings (SSSR count). The minimum atomic E-state index is 0.597. The van der Waals surface area contributed by atoms with E-state index in [2.05, 4.69) is 49.5 Å². The lowest BCUT2D eigenvalue weighted by Gasteiger charge is -2.29. The SMILES string of the molecule is COc1cc2c(c3ccccc13)CC(CC(C)C)NC2. The standard InChI is InChI=1S/C18H23NO/c1-12(2)8-14-10-17-13(11-19-14)9-18(20-3)16-7-5-4-6-15(16)17/h4-7,9,12,14,19H,8,10-11H2,1-3H3. The molecule has 1 aliphatic rings. The van der Waals surface area contributed by atoms with Crippen LogP contribution in [-0.4, -0.2) is 13.2 Å². The summed E-state index contributed by atoms with van der Waals surface area (Å²) in [5.41, 5.74) is 2.89. The average molecular weight is 269 g/mol. The molecule has 0 bridgehead atoms. The Morgan fingerprint density at radius 1 is 1.25 bits per heavy atom. The maximum absolute atomic E-state index is 5.56. The Balaban J connectivity index is 2.06. The molecule has 0 radical (unpaired) electrons. The van der Waals surface area contributed by atoms with E-state index < -0.39 is 0 Å². The van der Waals surface area contributed by atoms with E-state index in [0.29, 0.717) is 6.04 Å². The van der Waals surface area contributed by atoms with Crippen molar-refractivity contribution in [2.75, 3.05) is 7.11 Å². The summed E-state index contributed by atoms with van der Waals surface area (Å²) < 4.78 is 5.56. The topological polar surface area (TPSA) is 21.3 Å². The van der Waals surface area contributed by atoms with Crippen molar-refractivity contribution < 1.29 is 4.74 Å². The summed E-state index contributed by atoms with van der Waals surface area (Å²) in [4.78, 5) is 0. The number of methoxy groups -OCH3 is 1. The van der Waals surface area contributed by atoms with Crippen LogP contribution in [-0.2, 0) is 13.0 Å². The van der Waals surface area contributed by atoms with Crippen LogP contribution < -0.4 is 10.1 Å². The summed E-state index contributed by atoms with van der Waals surface area (Å²) >= 11 is 0. The monoisotopic (exact) mass is 269 g/mol. The molecular weight excluding hydrogens is 246 g/mol. The van der Waals surface area contributed by atoms with Gasteiger partial charge in [-0.25, -0.2) is 0 Å². The molecule has 0 aromatic heterocycles. The first-order valence-corrected chi connectivity index (χ1v) is 7.50. The first-order chi connectivity index (χ1) is 9.69. The van der Waals surface area contributed by atoms with Gasteiger partial charge in [-0.05, 0) is 41.3 Å². The second kappa shape index (κ2) is 5.45. The van der Waals surface area contributed by atoms with Crippen LogP contribution in [0.3, 0.4) is 0 Å². The zero-order valence-electron chi connectivity index (χ0n) is 12.6. The molecule has 0 spiro atoms. The highest BCUT2D eigenvalue weighted by atomic mass is 16.5. The highest BCUT2D eigenvalue weighted by Crippen LogP contribution is 2.34. The largest absolute Gasteiger partial charge is 0.496 e. The lowest BCUT2D eigenvalue weighted by molar-refractivity contribution is 0.395. The van der Waals surface area contributed by atoms with Crippen molar-refractivity contribution in [3.05, 3.63) is 41.5 Å². The third-order valence-corrected chi connectivity index (χ3v) is 4.22. The molecule has 0 fully saturated rings. The van der Waals surface area contributed by atoms with E-state index in [1.54, 1.807) is 7.11 Å². The summed E-state index contributed by atoms with van der Waals surface area (Å²) in [6.07, 6.45) is 2.36. The second-order valence-electron chi connectivity index (χ2n) is 6.17. The predicted octanol–water partition coefficient (Wildman–Crippen LogP) is 3.91. The first-order valence-electron chi connectivity index (χ1n) is 7.50. The molecule has 0 aliphatic carbocycles. The number of fused-ring (bicyclic) bond motifs is 3. The molecule has 2 aromatic carbocycles. The molecule has 2 nitrogen and oxygen atoms in total. The number of hydrogen-bond acceptors (Lipinski definition) is 2. The van der Waals surface area contributed by atoms with Crippen LogP contribution in [0.15, 0.2) is 30.3 Å². The minimum absolute atomic E-state index is 0.597.